The number of nitrogens with two attached hydrogens (primary N) is 1. The first kappa shape index (κ1) is 19.7. The summed E-state index contributed by atoms with van der Waals surface area (Å²) in [5.74, 6) is 1.21. The molecular formula is C19H25ClN4O3. The van der Waals surface area contributed by atoms with Crippen LogP contribution in [0.5, 0.6) is 5.75 Å². The number of amides is 1. The van der Waals surface area contributed by atoms with Gasteiger partial charge in [-0.2, -0.15) is 0 Å². The fourth-order valence-electron chi connectivity index (χ4n) is 3.37. The Hall–Kier alpha value is -2.09. The van der Waals surface area contributed by atoms with E-state index in [1.54, 1.807) is 18.3 Å². The molecule has 8 heteroatoms. The summed E-state index contributed by atoms with van der Waals surface area (Å²) in [5.41, 5.74) is 4.70. The molecule has 3 rings (SSSR count). The summed E-state index contributed by atoms with van der Waals surface area (Å²) in [4.78, 5) is 18.4. The molecule has 2 aromatic rings. The predicted molar refractivity (Wildman–Crippen MR) is 103 cm³/mol. The van der Waals surface area contributed by atoms with E-state index >= 15 is 0 Å². The lowest BCUT2D eigenvalue weighted by molar-refractivity contribution is -0.148. The molecule has 0 spiro atoms. The smallest absolute Gasteiger partial charge is 0.220 e. The van der Waals surface area contributed by atoms with Crippen molar-refractivity contribution in [1.82, 2.24) is 14.5 Å². The summed E-state index contributed by atoms with van der Waals surface area (Å²) in [6, 6.07) is 7.15. The van der Waals surface area contributed by atoms with Gasteiger partial charge in [0.2, 0.25) is 5.91 Å². The van der Waals surface area contributed by atoms with Crippen LogP contribution in [0.15, 0.2) is 36.7 Å². The summed E-state index contributed by atoms with van der Waals surface area (Å²) >= 11 is 6.01. The van der Waals surface area contributed by atoms with Gasteiger partial charge in [0.15, 0.2) is 0 Å². The Labute approximate surface area is 164 Å². The minimum atomic E-state index is -0.796. The summed E-state index contributed by atoms with van der Waals surface area (Å²) in [7, 11) is 0. The van der Waals surface area contributed by atoms with Gasteiger partial charge in [0.1, 0.15) is 23.8 Å². The maximum absolute atomic E-state index is 11.7. The number of nitrogens with zero attached hydrogens (tertiary/aromatic N) is 3. The van der Waals surface area contributed by atoms with Crippen LogP contribution in [0.3, 0.4) is 0 Å². The Morgan fingerprint density at radius 2 is 2.33 bits per heavy atom. The molecule has 1 fully saturated rings. The molecule has 0 aliphatic carbocycles. The van der Waals surface area contributed by atoms with Crippen molar-refractivity contribution in [2.24, 2.45) is 5.73 Å². The minimum absolute atomic E-state index is 0.0896. The SMILES string of the molecule is CCn1ccnc1CN1CCO[C@@](COc2cccc(Cl)c2)(CC(N)=O)C1. The number of benzene rings is 1. The summed E-state index contributed by atoms with van der Waals surface area (Å²) in [6.45, 7) is 5.64. The van der Waals surface area contributed by atoms with Crippen molar-refractivity contribution in [2.75, 3.05) is 26.3 Å². The van der Waals surface area contributed by atoms with E-state index in [0.29, 0.717) is 30.5 Å². The number of hydrogen-bond donors (Lipinski definition) is 1. The van der Waals surface area contributed by atoms with Crippen molar-refractivity contribution in [3.8, 4) is 5.75 Å². The second-order valence-corrected chi connectivity index (χ2v) is 7.20. The Morgan fingerprint density at radius 3 is 3.07 bits per heavy atom. The van der Waals surface area contributed by atoms with Gasteiger partial charge in [0, 0.05) is 37.1 Å². The zero-order valence-corrected chi connectivity index (χ0v) is 16.2. The van der Waals surface area contributed by atoms with E-state index in [4.69, 9.17) is 26.8 Å². The Balaban J connectivity index is 1.71. The van der Waals surface area contributed by atoms with E-state index in [1.807, 2.05) is 18.3 Å². The van der Waals surface area contributed by atoms with Crippen molar-refractivity contribution in [3.63, 3.8) is 0 Å². The van der Waals surface area contributed by atoms with E-state index in [0.717, 1.165) is 18.9 Å². The number of rotatable bonds is 8. The molecule has 1 aliphatic heterocycles. The first-order valence-corrected chi connectivity index (χ1v) is 9.40. The zero-order valence-electron chi connectivity index (χ0n) is 15.4. The fraction of sp³-hybridized carbons (Fsp3) is 0.474. The van der Waals surface area contributed by atoms with Crippen molar-refractivity contribution in [3.05, 3.63) is 47.5 Å². The van der Waals surface area contributed by atoms with Gasteiger partial charge in [-0.25, -0.2) is 4.98 Å². The van der Waals surface area contributed by atoms with Gasteiger partial charge in [-0.1, -0.05) is 17.7 Å². The monoisotopic (exact) mass is 392 g/mol. The van der Waals surface area contributed by atoms with Gasteiger partial charge in [0.05, 0.1) is 19.6 Å². The van der Waals surface area contributed by atoms with Crippen LogP contribution in [-0.4, -0.2) is 52.3 Å². The molecule has 0 saturated carbocycles. The minimum Gasteiger partial charge on any atom is -0.490 e. The van der Waals surface area contributed by atoms with Crippen molar-refractivity contribution < 1.29 is 14.3 Å². The average molecular weight is 393 g/mol. The number of aryl methyl sites for hydroxylation is 1. The predicted octanol–water partition coefficient (Wildman–Crippen LogP) is 2.08. The van der Waals surface area contributed by atoms with Crippen LogP contribution in [0.4, 0.5) is 0 Å². The van der Waals surface area contributed by atoms with Crippen LogP contribution in [0.2, 0.25) is 5.02 Å². The molecule has 0 unspecified atom stereocenters. The van der Waals surface area contributed by atoms with Crippen LogP contribution in [-0.2, 0) is 22.6 Å². The third kappa shape index (κ3) is 5.22. The maximum Gasteiger partial charge on any atom is 0.220 e. The van der Waals surface area contributed by atoms with Crippen molar-refractivity contribution in [2.45, 2.75) is 32.0 Å². The lowest BCUT2D eigenvalue weighted by Crippen LogP contribution is -2.56. The largest absolute Gasteiger partial charge is 0.490 e. The number of morpholine rings is 1. The second-order valence-electron chi connectivity index (χ2n) is 6.76. The number of carbonyl (C=O) groups excluding carboxylic acids is 1. The molecule has 1 aromatic heterocycles. The molecular weight excluding hydrogens is 368 g/mol. The average Bonchev–Trinajstić information content (AvgIpc) is 3.07. The van der Waals surface area contributed by atoms with Crippen LogP contribution in [0.25, 0.3) is 0 Å². The number of halogens is 1. The normalized spacial score (nSPS) is 20.5. The summed E-state index contributed by atoms with van der Waals surface area (Å²) in [5, 5.41) is 0.592. The molecule has 1 atom stereocenters. The van der Waals surface area contributed by atoms with Gasteiger partial charge in [-0.15, -0.1) is 0 Å². The first-order chi connectivity index (χ1) is 13.0. The van der Waals surface area contributed by atoms with Gasteiger partial charge < -0.3 is 19.8 Å². The summed E-state index contributed by atoms with van der Waals surface area (Å²) < 4.78 is 14.0. The molecule has 1 saturated heterocycles. The number of carbonyl (C=O) groups is 1. The Kier molecular flexibility index (Phi) is 6.36. The quantitative estimate of drug-likeness (QED) is 0.743. The van der Waals surface area contributed by atoms with E-state index in [9.17, 15) is 4.79 Å². The highest BCUT2D eigenvalue weighted by molar-refractivity contribution is 6.30. The topological polar surface area (TPSA) is 82.6 Å². The van der Waals surface area contributed by atoms with Crippen LogP contribution in [0, 0.1) is 0 Å². The molecule has 2 heterocycles. The fourth-order valence-corrected chi connectivity index (χ4v) is 3.55. The van der Waals surface area contributed by atoms with Gasteiger partial charge in [0.25, 0.3) is 0 Å². The third-order valence-electron chi connectivity index (χ3n) is 4.63. The zero-order chi connectivity index (χ0) is 19.3. The molecule has 2 N–H and O–H groups in total. The number of ether oxygens (including phenoxy) is 2. The van der Waals surface area contributed by atoms with E-state index in [-0.39, 0.29) is 13.0 Å². The Morgan fingerprint density at radius 1 is 1.48 bits per heavy atom. The maximum atomic E-state index is 11.7. The molecule has 1 amide bonds. The molecule has 27 heavy (non-hydrogen) atoms. The van der Waals surface area contributed by atoms with E-state index in [1.165, 1.54) is 0 Å². The highest BCUT2D eigenvalue weighted by atomic mass is 35.5. The first-order valence-electron chi connectivity index (χ1n) is 9.03. The van der Waals surface area contributed by atoms with Crippen LogP contribution >= 0.6 is 11.6 Å². The van der Waals surface area contributed by atoms with Crippen molar-refractivity contribution in [1.29, 1.82) is 0 Å². The highest BCUT2D eigenvalue weighted by Crippen LogP contribution is 2.26. The second kappa shape index (κ2) is 8.73. The lowest BCUT2D eigenvalue weighted by Gasteiger charge is -2.41. The van der Waals surface area contributed by atoms with Crippen LogP contribution in [0.1, 0.15) is 19.2 Å². The van der Waals surface area contributed by atoms with Gasteiger partial charge >= 0.3 is 0 Å². The number of hydrogen-bond acceptors (Lipinski definition) is 5. The molecule has 1 aromatic carbocycles. The highest BCUT2D eigenvalue weighted by Gasteiger charge is 2.39. The number of imidazole rings is 1. The number of aromatic nitrogens is 2. The number of primary amides is 1. The van der Waals surface area contributed by atoms with Crippen molar-refractivity contribution >= 4 is 17.5 Å². The molecule has 146 valence electrons. The van der Waals surface area contributed by atoms with Gasteiger partial charge in [-0.05, 0) is 25.1 Å². The molecule has 1 aliphatic rings. The third-order valence-corrected chi connectivity index (χ3v) is 4.86. The Bertz CT molecular complexity index is 782. The lowest BCUT2D eigenvalue weighted by atomic mass is 9.97. The van der Waals surface area contributed by atoms with Crippen LogP contribution < -0.4 is 10.5 Å². The van der Waals surface area contributed by atoms with Gasteiger partial charge in [-0.3, -0.25) is 9.69 Å². The molecule has 0 bridgehead atoms. The molecule has 0 radical (unpaired) electrons. The van der Waals surface area contributed by atoms with E-state index in [2.05, 4.69) is 21.4 Å². The van der Waals surface area contributed by atoms with E-state index < -0.39 is 11.5 Å². The molecule has 7 nitrogen and oxygen atoms in total. The summed E-state index contributed by atoms with van der Waals surface area (Å²) in [6.07, 6.45) is 3.86. The standard InChI is InChI=1S/C19H25ClN4O3/c1-2-24-7-6-22-18(24)12-23-8-9-27-19(13-23,11-17(21)25)14-26-16-5-3-4-15(20)10-16/h3-7,10H,2,8-9,11-14H2,1H3,(H2,21,25)/t19-/m0/s1.